The number of rotatable bonds is 5. The van der Waals surface area contributed by atoms with Gasteiger partial charge >= 0.3 is 5.97 Å². The van der Waals surface area contributed by atoms with E-state index in [-0.39, 0.29) is 11.5 Å². The van der Waals surface area contributed by atoms with Crippen LogP contribution in [0.5, 0.6) is 0 Å². The van der Waals surface area contributed by atoms with Crippen molar-refractivity contribution in [2.75, 3.05) is 12.3 Å². The topological polar surface area (TPSA) is 98.5 Å². The highest BCUT2D eigenvalue weighted by Gasteiger charge is 2.23. The number of carbonyl (C=O) groups excluding carboxylic acids is 1. The third-order valence-electron chi connectivity index (χ3n) is 2.52. The number of esters is 1. The lowest BCUT2D eigenvalue weighted by atomic mass is 10.2. The molecule has 0 aliphatic heterocycles. The minimum absolute atomic E-state index is 0.0651. The minimum Gasteiger partial charge on any atom is -0.465 e. The van der Waals surface area contributed by atoms with Gasteiger partial charge in [-0.1, -0.05) is 0 Å². The number of benzene rings is 1. The number of hydrogen-bond donors (Lipinski definition) is 2. The monoisotopic (exact) mass is 286 g/mol. The van der Waals surface area contributed by atoms with E-state index in [2.05, 4.69) is 4.72 Å². The van der Waals surface area contributed by atoms with Crippen molar-refractivity contribution in [3.63, 3.8) is 0 Å². The van der Waals surface area contributed by atoms with Crippen LogP contribution in [0.2, 0.25) is 0 Å². The molecule has 7 heteroatoms. The molecule has 0 bridgehead atoms. The molecule has 0 heterocycles. The number of anilines is 1. The Balaban J connectivity index is 2.92. The van der Waals surface area contributed by atoms with E-state index in [1.165, 1.54) is 25.1 Å². The van der Waals surface area contributed by atoms with Crippen molar-refractivity contribution >= 4 is 21.7 Å². The zero-order valence-corrected chi connectivity index (χ0v) is 12.0. The fourth-order valence-electron chi connectivity index (χ4n) is 1.43. The largest absolute Gasteiger partial charge is 0.465 e. The molecule has 1 aromatic carbocycles. The Bertz CT molecular complexity index is 569. The number of aryl methyl sites for hydroxylation is 1. The quantitative estimate of drug-likeness (QED) is 0.616. The zero-order valence-electron chi connectivity index (χ0n) is 11.1. The Labute approximate surface area is 113 Å². The summed E-state index contributed by atoms with van der Waals surface area (Å²) in [6.07, 6.45) is 0. The van der Waals surface area contributed by atoms with Crippen LogP contribution in [-0.4, -0.2) is 27.0 Å². The normalized spacial score (nSPS) is 13.0. The molecular weight excluding hydrogens is 268 g/mol. The van der Waals surface area contributed by atoms with Crippen LogP contribution in [0.25, 0.3) is 0 Å². The standard InChI is InChI=1S/C12H18N2O4S/c1-4-18-12(15)9(3)14-19(16,17)10-5-6-11(13)8(2)7-10/h5-7,9,14H,4,13H2,1-3H3. The number of hydrogen-bond acceptors (Lipinski definition) is 5. The molecule has 19 heavy (non-hydrogen) atoms. The average Bonchev–Trinajstić information content (AvgIpc) is 2.32. The second kappa shape index (κ2) is 6.03. The van der Waals surface area contributed by atoms with Gasteiger partial charge in [-0.2, -0.15) is 4.72 Å². The summed E-state index contributed by atoms with van der Waals surface area (Å²) in [7, 11) is -3.77. The third kappa shape index (κ3) is 3.93. The molecule has 0 saturated carbocycles. The fraction of sp³-hybridized carbons (Fsp3) is 0.417. The van der Waals surface area contributed by atoms with Crippen molar-refractivity contribution in [3.8, 4) is 0 Å². The number of ether oxygens (including phenoxy) is 1. The molecule has 1 unspecified atom stereocenters. The SMILES string of the molecule is CCOC(=O)C(C)NS(=O)(=O)c1ccc(N)c(C)c1. The number of carbonyl (C=O) groups is 1. The van der Waals surface area contributed by atoms with Crippen LogP contribution in [-0.2, 0) is 19.6 Å². The first-order chi connectivity index (χ1) is 8.77. The molecule has 0 saturated heterocycles. The van der Waals surface area contributed by atoms with E-state index in [0.717, 1.165) is 0 Å². The van der Waals surface area contributed by atoms with E-state index in [1.807, 2.05) is 0 Å². The summed E-state index contributed by atoms with van der Waals surface area (Å²) in [5.74, 6) is -0.613. The second-order valence-corrected chi connectivity index (χ2v) is 5.83. The van der Waals surface area contributed by atoms with E-state index in [0.29, 0.717) is 11.3 Å². The molecule has 0 amide bonds. The van der Waals surface area contributed by atoms with E-state index in [4.69, 9.17) is 10.5 Å². The molecule has 0 radical (unpaired) electrons. The summed E-state index contributed by atoms with van der Waals surface area (Å²) in [6, 6.07) is 3.42. The first-order valence-corrected chi connectivity index (χ1v) is 7.31. The first-order valence-electron chi connectivity index (χ1n) is 5.83. The van der Waals surface area contributed by atoms with Crippen LogP contribution in [0, 0.1) is 6.92 Å². The maximum atomic E-state index is 12.1. The van der Waals surface area contributed by atoms with Gasteiger partial charge in [-0.15, -0.1) is 0 Å². The molecule has 0 aromatic heterocycles. The molecular formula is C12H18N2O4S. The number of nitrogen functional groups attached to an aromatic ring is 1. The van der Waals surface area contributed by atoms with Crippen LogP contribution in [0.4, 0.5) is 5.69 Å². The van der Waals surface area contributed by atoms with Gasteiger partial charge < -0.3 is 10.5 Å². The maximum Gasteiger partial charge on any atom is 0.323 e. The van der Waals surface area contributed by atoms with Crippen LogP contribution in [0.3, 0.4) is 0 Å². The van der Waals surface area contributed by atoms with Gasteiger partial charge in [-0.05, 0) is 44.5 Å². The molecule has 0 aliphatic rings. The molecule has 1 aromatic rings. The Morgan fingerprint density at radius 3 is 2.63 bits per heavy atom. The van der Waals surface area contributed by atoms with E-state index in [1.54, 1.807) is 13.8 Å². The fourth-order valence-corrected chi connectivity index (χ4v) is 2.71. The average molecular weight is 286 g/mol. The van der Waals surface area contributed by atoms with Gasteiger partial charge in [-0.3, -0.25) is 4.79 Å². The molecule has 3 N–H and O–H groups in total. The van der Waals surface area contributed by atoms with Crippen molar-refractivity contribution < 1.29 is 17.9 Å². The number of sulfonamides is 1. The maximum absolute atomic E-state index is 12.1. The smallest absolute Gasteiger partial charge is 0.323 e. The van der Waals surface area contributed by atoms with Crippen molar-refractivity contribution in [2.45, 2.75) is 31.7 Å². The van der Waals surface area contributed by atoms with Crippen LogP contribution in [0.1, 0.15) is 19.4 Å². The zero-order chi connectivity index (χ0) is 14.6. The molecule has 6 nitrogen and oxygen atoms in total. The summed E-state index contributed by atoms with van der Waals surface area (Å²) in [5, 5.41) is 0. The lowest BCUT2D eigenvalue weighted by molar-refractivity contribution is -0.144. The van der Waals surface area contributed by atoms with E-state index in [9.17, 15) is 13.2 Å². The van der Waals surface area contributed by atoms with Crippen LogP contribution < -0.4 is 10.5 Å². The summed E-state index contributed by atoms with van der Waals surface area (Å²) in [5.41, 5.74) is 6.80. The van der Waals surface area contributed by atoms with Crippen molar-refractivity contribution in [1.29, 1.82) is 0 Å². The summed E-state index contributed by atoms with van der Waals surface area (Å²) >= 11 is 0. The van der Waals surface area contributed by atoms with Crippen molar-refractivity contribution in [1.82, 2.24) is 4.72 Å². The predicted octanol–water partition coefficient (Wildman–Crippen LogP) is 0.807. The van der Waals surface area contributed by atoms with Gasteiger partial charge in [0.15, 0.2) is 0 Å². The van der Waals surface area contributed by atoms with Gasteiger partial charge in [0.2, 0.25) is 10.0 Å². The highest BCUT2D eigenvalue weighted by atomic mass is 32.2. The third-order valence-corrected chi connectivity index (χ3v) is 4.06. The Hall–Kier alpha value is -1.60. The molecule has 0 fully saturated rings. The van der Waals surface area contributed by atoms with E-state index >= 15 is 0 Å². The number of nitrogens with two attached hydrogens (primary N) is 1. The lowest BCUT2D eigenvalue weighted by Gasteiger charge is -2.13. The Morgan fingerprint density at radius 1 is 1.47 bits per heavy atom. The molecule has 0 spiro atoms. The highest BCUT2D eigenvalue weighted by molar-refractivity contribution is 7.89. The van der Waals surface area contributed by atoms with Gasteiger partial charge in [0.1, 0.15) is 6.04 Å². The summed E-state index contributed by atoms with van der Waals surface area (Å²) in [4.78, 5) is 11.5. The Morgan fingerprint density at radius 2 is 2.11 bits per heavy atom. The van der Waals surface area contributed by atoms with E-state index < -0.39 is 22.0 Å². The summed E-state index contributed by atoms with van der Waals surface area (Å²) in [6.45, 7) is 5.00. The van der Waals surface area contributed by atoms with Crippen LogP contribution in [0.15, 0.2) is 23.1 Å². The van der Waals surface area contributed by atoms with Crippen molar-refractivity contribution in [2.24, 2.45) is 0 Å². The van der Waals surface area contributed by atoms with Gasteiger partial charge in [0.25, 0.3) is 0 Å². The van der Waals surface area contributed by atoms with Gasteiger partial charge in [0, 0.05) is 5.69 Å². The molecule has 1 rings (SSSR count). The second-order valence-electron chi connectivity index (χ2n) is 4.11. The summed E-state index contributed by atoms with van der Waals surface area (Å²) < 4.78 is 31.1. The minimum atomic E-state index is -3.77. The predicted molar refractivity (Wildman–Crippen MR) is 72.0 cm³/mol. The molecule has 0 aliphatic carbocycles. The number of nitrogens with one attached hydrogen (secondary N) is 1. The first kappa shape index (κ1) is 15.5. The molecule has 1 atom stereocenters. The van der Waals surface area contributed by atoms with Crippen LogP contribution >= 0.6 is 0 Å². The lowest BCUT2D eigenvalue weighted by Crippen LogP contribution is -2.39. The van der Waals surface area contributed by atoms with Gasteiger partial charge in [-0.25, -0.2) is 8.42 Å². The van der Waals surface area contributed by atoms with Crippen molar-refractivity contribution in [3.05, 3.63) is 23.8 Å². The molecule has 106 valence electrons. The Kier molecular flexibility index (Phi) is 4.90. The highest BCUT2D eigenvalue weighted by Crippen LogP contribution is 2.17. The van der Waals surface area contributed by atoms with Gasteiger partial charge in [0.05, 0.1) is 11.5 Å².